The van der Waals surface area contributed by atoms with Crippen molar-refractivity contribution in [3.05, 3.63) is 35.6 Å². The van der Waals surface area contributed by atoms with Gasteiger partial charge in [-0.1, -0.05) is 19.3 Å². The van der Waals surface area contributed by atoms with Crippen molar-refractivity contribution in [1.82, 2.24) is 5.32 Å². The predicted molar refractivity (Wildman–Crippen MR) is 70.2 cm³/mol. The molecule has 1 N–H and O–H groups in total. The molecule has 0 aliphatic heterocycles. The number of benzene rings is 1. The van der Waals surface area contributed by atoms with Crippen molar-refractivity contribution in [1.29, 1.82) is 0 Å². The lowest BCUT2D eigenvalue weighted by atomic mass is 9.94. The molecule has 1 saturated carbocycles. The Hall–Kier alpha value is -1.22. The number of Topliss-reactive ketones (excluding diaryl/α,β-unsaturated/α-hetero) is 1. The van der Waals surface area contributed by atoms with Gasteiger partial charge in [0.2, 0.25) is 0 Å². The summed E-state index contributed by atoms with van der Waals surface area (Å²) in [6.07, 6.45) is 6.10. The van der Waals surface area contributed by atoms with Crippen LogP contribution in [0.25, 0.3) is 0 Å². The largest absolute Gasteiger partial charge is 0.305 e. The fourth-order valence-corrected chi connectivity index (χ4v) is 2.56. The molecule has 0 spiro atoms. The number of rotatable bonds is 4. The number of hydrogen-bond acceptors (Lipinski definition) is 2. The van der Waals surface area contributed by atoms with Gasteiger partial charge in [0.25, 0.3) is 0 Å². The quantitative estimate of drug-likeness (QED) is 0.829. The van der Waals surface area contributed by atoms with Crippen LogP contribution in [0.4, 0.5) is 4.39 Å². The molecule has 2 rings (SSSR count). The molecule has 2 nitrogen and oxygen atoms in total. The fourth-order valence-electron chi connectivity index (χ4n) is 2.56. The van der Waals surface area contributed by atoms with Crippen LogP contribution >= 0.6 is 0 Å². The van der Waals surface area contributed by atoms with Crippen LogP contribution in [0.5, 0.6) is 0 Å². The van der Waals surface area contributed by atoms with Gasteiger partial charge in [-0.25, -0.2) is 4.39 Å². The van der Waals surface area contributed by atoms with Crippen molar-refractivity contribution in [3.8, 4) is 0 Å². The topological polar surface area (TPSA) is 29.1 Å². The minimum atomic E-state index is -0.306. The average molecular weight is 249 g/mol. The van der Waals surface area contributed by atoms with Gasteiger partial charge >= 0.3 is 0 Å². The van der Waals surface area contributed by atoms with Gasteiger partial charge < -0.3 is 5.32 Å². The number of halogens is 1. The van der Waals surface area contributed by atoms with Gasteiger partial charge in [-0.2, -0.15) is 0 Å². The first-order chi connectivity index (χ1) is 8.66. The van der Waals surface area contributed by atoms with Crippen molar-refractivity contribution in [2.24, 2.45) is 0 Å². The van der Waals surface area contributed by atoms with Gasteiger partial charge in [0.15, 0.2) is 5.78 Å². The Morgan fingerprint density at radius 3 is 2.44 bits per heavy atom. The number of hydrogen-bond donors (Lipinski definition) is 1. The first kappa shape index (κ1) is 13.2. The Morgan fingerprint density at radius 2 is 1.83 bits per heavy atom. The van der Waals surface area contributed by atoms with Crippen LogP contribution in [0.3, 0.4) is 0 Å². The summed E-state index contributed by atoms with van der Waals surface area (Å²) >= 11 is 0. The number of ketones is 1. The Balaban J connectivity index is 1.93. The smallest absolute Gasteiger partial charge is 0.179 e. The highest BCUT2D eigenvalue weighted by molar-refractivity contribution is 5.99. The summed E-state index contributed by atoms with van der Waals surface area (Å²) in [5.74, 6) is -0.264. The summed E-state index contributed by atoms with van der Waals surface area (Å²) in [4.78, 5) is 12.1. The molecule has 1 aromatic rings. The molecule has 1 aromatic carbocycles. The van der Waals surface area contributed by atoms with Crippen LogP contribution in [0.15, 0.2) is 24.3 Å². The summed E-state index contributed by atoms with van der Waals surface area (Å²) in [7, 11) is 0. The summed E-state index contributed by atoms with van der Waals surface area (Å²) in [6, 6.07) is 6.03. The molecule has 3 heteroatoms. The summed E-state index contributed by atoms with van der Waals surface area (Å²) in [6.45, 7) is 1.89. The van der Waals surface area contributed by atoms with E-state index in [1.165, 1.54) is 31.4 Å². The maximum Gasteiger partial charge on any atom is 0.179 e. The highest BCUT2D eigenvalue weighted by Crippen LogP contribution is 2.18. The van der Waals surface area contributed by atoms with E-state index in [-0.39, 0.29) is 17.6 Å². The first-order valence-electron chi connectivity index (χ1n) is 6.72. The van der Waals surface area contributed by atoms with Crippen molar-refractivity contribution < 1.29 is 9.18 Å². The Kier molecular flexibility index (Phi) is 4.48. The number of nitrogens with one attached hydrogen (secondary N) is 1. The molecule has 1 fully saturated rings. The van der Waals surface area contributed by atoms with Crippen LogP contribution in [-0.4, -0.2) is 17.9 Å². The standard InChI is InChI=1S/C15H20FNO/c1-11(17-14-5-3-2-4-6-14)15(18)12-7-9-13(16)10-8-12/h7-11,14,17H,2-6H2,1H3. The van der Waals surface area contributed by atoms with E-state index in [1.807, 2.05) is 6.92 Å². The lowest BCUT2D eigenvalue weighted by Gasteiger charge is -2.26. The molecule has 18 heavy (non-hydrogen) atoms. The van der Waals surface area contributed by atoms with Crippen LogP contribution in [0.2, 0.25) is 0 Å². The SMILES string of the molecule is CC(NC1CCCCC1)C(=O)c1ccc(F)cc1. The molecule has 1 aliphatic rings. The normalized spacial score (nSPS) is 18.6. The Morgan fingerprint density at radius 1 is 1.22 bits per heavy atom. The molecule has 0 heterocycles. The van der Waals surface area contributed by atoms with E-state index < -0.39 is 0 Å². The van der Waals surface area contributed by atoms with Crippen molar-refractivity contribution >= 4 is 5.78 Å². The lowest BCUT2D eigenvalue weighted by Crippen LogP contribution is -2.42. The molecule has 0 amide bonds. The van der Waals surface area contributed by atoms with Crippen molar-refractivity contribution in [2.75, 3.05) is 0 Å². The van der Waals surface area contributed by atoms with Gasteiger partial charge in [-0.3, -0.25) is 4.79 Å². The van der Waals surface area contributed by atoms with Gasteiger partial charge in [0.05, 0.1) is 6.04 Å². The van der Waals surface area contributed by atoms with Gasteiger partial charge in [0, 0.05) is 11.6 Å². The van der Waals surface area contributed by atoms with Crippen molar-refractivity contribution in [3.63, 3.8) is 0 Å². The second-order valence-corrected chi connectivity index (χ2v) is 5.09. The highest BCUT2D eigenvalue weighted by atomic mass is 19.1. The monoisotopic (exact) mass is 249 g/mol. The van der Waals surface area contributed by atoms with E-state index in [0.29, 0.717) is 11.6 Å². The van der Waals surface area contributed by atoms with E-state index in [9.17, 15) is 9.18 Å². The first-order valence-corrected chi connectivity index (χ1v) is 6.72. The van der Waals surface area contributed by atoms with Crippen molar-refractivity contribution in [2.45, 2.75) is 51.1 Å². The van der Waals surface area contributed by atoms with Gasteiger partial charge in [-0.15, -0.1) is 0 Å². The Labute approximate surface area is 108 Å². The summed E-state index contributed by atoms with van der Waals surface area (Å²) < 4.78 is 12.8. The molecule has 1 atom stereocenters. The zero-order valence-corrected chi connectivity index (χ0v) is 10.8. The van der Waals surface area contributed by atoms with E-state index in [2.05, 4.69) is 5.32 Å². The van der Waals surface area contributed by atoms with Gasteiger partial charge in [-0.05, 0) is 44.0 Å². The maximum absolute atomic E-state index is 12.8. The Bertz CT molecular complexity index is 395. The van der Waals surface area contributed by atoms with Gasteiger partial charge in [0.1, 0.15) is 5.82 Å². The van der Waals surface area contributed by atoms with E-state index in [4.69, 9.17) is 0 Å². The lowest BCUT2D eigenvalue weighted by molar-refractivity contribution is 0.0940. The highest BCUT2D eigenvalue weighted by Gasteiger charge is 2.20. The fraction of sp³-hybridized carbons (Fsp3) is 0.533. The zero-order chi connectivity index (χ0) is 13.0. The second-order valence-electron chi connectivity index (χ2n) is 5.09. The number of carbonyl (C=O) groups is 1. The third kappa shape index (κ3) is 3.39. The molecular formula is C15H20FNO. The molecule has 1 unspecified atom stereocenters. The molecule has 0 radical (unpaired) electrons. The molecule has 0 saturated heterocycles. The molecule has 0 aromatic heterocycles. The van der Waals surface area contributed by atoms with E-state index >= 15 is 0 Å². The molecule has 1 aliphatic carbocycles. The number of carbonyl (C=O) groups excluding carboxylic acids is 1. The maximum atomic E-state index is 12.8. The second kappa shape index (κ2) is 6.10. The zero-order valence-electron chi connectivity index (χ0n) is 10.8. The predicted octanol–water partition coefficient (Wildman–Crippen LogP) is 3.32. The molecule has 0 bridgehead atoms. The van der Waals surface area contributed by atoms with Crippen LogP contribution in [0, 0.1) is 5.82 Å². The third-order valence-electron chi connectivity index (χ3n) is 3.61. The minimum Gasteiger partial charge on any atom is -0.305 e. The summed E-state index contributed by atoms with van der Waals surface area (Å²) in [5, 5.41) is 3.39. The van der Waals surface area contributed by atoms with E-state index in [1.54, 1.807) is 12.1 Å². The third-order valence-corrected chi connectivity index (χ3v) is 3.61. The molecule has 98 valence electrons. The summed E-state index contributed by atoms with van der Waals surface area (Å²) in [5.41, 5.74) is 0.576. The minimum absolute atomic E-state index is 0.0422. The average Bonchev–Trinajstić information content (AvgIpc) is 2.40. The molecular weight excluding hydrogens is 229 g/mol. The van der Waals surface area contributed by atoms with Crippen LogP contribution < -0.4 is 5.32 Å². The van der Waals surface area contributed by atoms with E-state index in [0.717, 1.165) is 12.8 Å². The van der Waals surface area contributed by atoms with Crippen LogP contribution in [-0.2, 0) is 0 Å². The van der Waals surface area contributed by atoms with Crippen LogP contribution in [0.1, 0.15) is 49.4 Å².